The van der Waals surface area contributed by atoms with Crippen molar-refractivity contribution >= 4 is 221 Å². The molecule has 0 atom stereocenters. The maximum Gasteiger partial charge on any atom is 2.00 e. The second-order valence-corrected chi connectivity index (χ2v) is 40.5. The Bertz CT molecular complexity index is 5410. The quantitative estimate of drug-likeness (QED) is 0.0713. The second-order valence-electron chi connectivity index (χ2n) is 20.8. The van der Waals surface area contributed by atoms with Gasteiger partial charge in [0.1, 0.15) is 17.4 Å². The van der Waals surface area contributed by atoms with Gasteiger partial charge in [0.25, 0.3) is 0 Å². The maximum absolute atomic E-state index is 6.44. The molecule has 10 heterocycles. The van der Waals surface area contributed by atoms with Crippen LogP contribution in [0.5, 0.6) is 23.3 Å². The van der Waals surface area contributed by atoms with Crippen LogP contribution in [0.25, 0.3) is 131 Å². The van der Waals surface area contributed by atoms with Crippen molar-refractivity contribution in [1.82, 2.24) is 37.9 Å². The molecule has 10 nitrogen and oxygen atoms in total. The number of pyridine rings is 6. The van der Waals surface area contributed by atoms with Crippen molar-refractivity contribution in [2.75, 3.05) is 0 Å². The standard InChI is InChI=1S/C36H22N4O.C36H20N4O.4ClH.2K.2Pt/c2*1-2-9-24-21-32-29(20-23(24)8-1)28-16-17-35(38-36(28)31-12-7-19-39(31)32)41-25-14-15-27-26-10-3-4-11-30(26)40(33(27)22-25)34-13-5-6-18-37-34;;;;;;;;/h1-22H;1-11,13-21H;4*1H;;;;/q;-2;;;;;;;+2;+4/p-4. The minimum absolute atomic E-state index is 0. The molecule has 0 amide bonds. The summed E-state index contributed by atoms with van der Waals surface area (Å²) in [5.41, 5.74) is 10.2. The summed E-state index contributed by atoms with van der Waals surface area (Å²) in [5.74, 6) is 4.08. The van der Waals surface area contributed by atoms with Crippen molar-refractivity contribution in [1.29, 1.82) is 0 Å². The molecule has 0 fully saturated rings. The molecule has 18 rings (SSSR count). The van der Waals surface area contributed by atoms with E-state index in [1.54, 1.807) is 6.20 Å². The van der Waals surface area contributed by atoms with Crippen molar-refractivity contribution in [3.8, 4) is 34.9 Å². The summed E-state index contributed by atoms with van der Waals surface area (Å²) in [6, 6.07) is 86.0. The predicted molar refractivity (Wildman–Crippen MR) is 365 cm³/mol. The Balaban J connectivity index is 0.000000141. The summed E-state index contributed by atoms with van der Waals surface area (Å²) >= 11 is -0.556. The van der Waals surface area contributed by atoms with Crippen LogP contribution in [0.1, 0.15) is 0 Å². The molecule has 0 saturated heterocycles. The summed E-state index contributed by atoms with van der Waals surface area (Å²) in [7, 11) is 20.0. The van der Waals surface area contributed by atoms with Gasteiger partial charge in [-0.15, -0.1) is 17.5 Å². The molecule has 10 aromatic heterocycles. The monoisotopic (exact) mass is 1660 g/mol. The van der Waals surface area contributed by atoms with Gasteiger partial charge in [0.2, 0.25) is 11.8 Å². The van der Waals surface area contributed by atoms with Crippen molar-refractivity contribution in [3.05, 3.63) is 267 Å². The van der Waals surface area contributed by atoms with Crippen LogP contribution in [0.4, 0.5) is 0 Å². The second kappa shape index (κ2) is 26.4. The van der Waals surface area contributed by atoms with Crippen LogP contribution in [0.2, 0.25) is 0 Å². The van der Waals surface area contributed by atoms with E-state index in [-0.39, 0.29) is 21.1 Å². The van der Waals surface area contributed by atoms with E-state index in [1.807, 2.05) is 85.2 Å². The van der Waals surface area contributed by atoms with Gasteiger partial charge < -0.3 is 22.8 Å². The minimum atomic E-state index is -3.06. The summed E-state index contributed by atoms with van der Waals surface area (Å²) < 4.78 is 21.5. The largest absolute Gasteiger partial charge is 2.00 e. The van der Waals surface area contributed by atoms with Crippen molar-refractivity contribution in [2.45, 2.75) is 0 Å². The molecule has 0 aliphatic heterocycles. The number of ether oxygens (including phenoxy) is 2. The van der Waals surface area contributed by atoms with Crippen molar-refractivity contribution in [3.63, 3.8) is 0 Å². The Hall–Kier alpha value is -5.55. The molecule has 18 aromatic rings. The van der Waals surface area contributed by atoms with E-state index >= 15 is 0 Å². The first-order chi connectivity index (χ1) is 43.6. The number of halogens is 4. The topological polar surface area (TPSA) is 88.7 Å². The van der Waals surface area contributed by atoms with Gasteiger partial charge in [0.05, 0.1) is 27.6 Å². The normalized spacial score (nSPS) is 11.8. The van der Waals surface area contributed by atoms with E-state index < -0.39 is 11.9 Å². The first-order valence-electron chi connectivity index (χ1n) is 28.6. The minimum Gasteiger partial charge on any atom is -0.466 e. The van der Waals surface area contributed by atoms with Crippen LogP contribution in [-0.2, 0) is 33.0 Å². The molecule has 8 aromatic carbocycles. The van der Waals surface area contributed by atoms with Gasteiger partial charge in [-0.25, -0.2) is 15.0 Å². The van der Waals surface area contributed by atoms with E-state index in [1.165, 1.54) is 101 Å². The fourth-order valence-corrected chi connectivity index (χ4v) is 12.2. The number of hydrogen-bond donors (Lipinski definition) is 0. The zero-order valence-electron chi connectivity index (χ0n) is 47.8. The molecule has 0 saturated carbocycles. The summed E-state index contributed by atoms with van der Waals surface area (Å²) in [6.07, 6.45) is 7.77. The molecule has 0 bridgehead atoms. The molecule has 432 valence electrons. The third-order valence-electron chi connectivity index (χ3n) is 15.9. The number of benzene rings is 8. The van der Waals surface area contributed by atoms with E-state index in [9.17, 15) is 0 Å². The molecule has 18 heteroatoms. The number of nitrogens with zero attached hydrogens (tertiary/aromatic N) is 8. The summed E-state index contributed by atoms with van der Waals surface area (Å²) in [4.78, 5) is 19.3. The van der Waals surface area contributed by atoms with E-state index in [4.69, 9.17) is 57.1 Å². The zero-order valence-corrected chi connectivity index (χ0v) is 61.6. The van der Waals surface area contributed by atoms with Gasteiger partial charge in [0, 0.05) is 69.1 Å². The number of rotatable bonds is 6. The SMILES string of the molecule is [Cl][Pt]([Cl])([Cl])[Cl].[K][K].[Pt+2].[c-]1c(Oc2ccc3c4cc5ccccc5cc4n4cc[c-]c4c3n2)ccc2c3ccccc3n(-c3ccccn3)c12.c1ccc(-n2c3ccccc3c3ccc(Oc4ccc5c6cc7ccccc7cc6n6cccc6c5n4)cc32)nc1. The predicted octanol–water partition coefficient (Wildman–Crippen LogP) is 19.7. The van der Waals surface area contributed by atoms with Crippen molar-refractivity contribution < 1.29 is 42.4 Å². The molecule has 0 unspecified atom stereocenters. The van der Waals surface area contributed by atoms with Crippen LogP contribution < -0.4 is 9.47 Å². The Kier molecular flexibility index (Phi) is 18.2. The molecular weight excluding hydrogens is 1620 g/mol. The Morgan fingerprint density at radius 2 is 0.889 bits per heavy atom. The fourth-order valence-electron chi connectivity index (χ4n) is 12.2. The number of para-hydroxylation sites is 2. The number of fused-ring (bicyclic) bond motifs is 20. The molecule has 0 aliphatic carbocycles. The van der Waals surface area contributed by atoms with E-state index in [0.717, 1.165) is 99.4 Å². The number of hydrogen-bond acceptors (Lipinski definition) is 6. The third-order valence-corrected chi connectivity index (χ3v) is 15.9. The molecule has 90 heavy (non-hydrogen) atoms. The van der Waals surface area contributed by atoms with E-state index in [0.29, 0.717) is 17.5 Å². The Morgan fingerprint density at radius 3 is 1.53 bits per heavy atom. The van der Waals surface area contributed by atoms with Gasteiger partial charge in [-0.05, 0) is 140 Å². The zero-order chi connectivity index (χ0) is 60.3. The fraction of sp³-hybridized carbons (Fsp3) is 0. The summed E-state index contributed by atoms with van der Waals surface area (Å²) in [6.45, 7) is 0. The van der Waals surface area contributed by atoms with Crippen LogP contribution in [0.15, 0.2) is 255 Å². The molecule has 0 radical (unpaired) electrons. The smallest absolute Gasteiger partial charge is 0.466 e. The average Bonchev–Trinajstić information content (AvgIpc) is 1.17. The third kappa shape index (κ3) is 11.9. The number of aromatic nitrogens is 8. The first-order valence-corrected chi connectivity index (χ1v) is 55.9. The summed E-state index contributed by atoms with van der Waals surface area (Å²) in [5, 5.41) is 13.9. The van der Waals surface area contributed by atoms with Gasteiger partial charge in [-0.2, -0.15) is 18.2 Å². The van der Waals surface area contributed by atoms with Crippen molar-refractivity contribution in [2.24, 2.45) is 0 Å². The molecule has 0 spiro atoms. The average molecular weight is 1660 g/mol. The van der Waals surface area contributed by atoms with Crippen LogP contribution in [-0.4, -0.2) is 101 Å². The molecule has 0 N–H and O–H groups in total. The van der Waals surface area contributed by atoms with Gasteiger partial charge >= 0.3 is 134 Å². The van der Waals surface area contributed by atoms with Crippen LogP contribution in [0.3, 0.4) is 0 Å². The first kappa shape index (κ1) is 61.9. The Morgan fingerprint density at radius 1 is 0.389 bits per heavy atom. The van der Waals surface area contributed by atoms with Gasteiger partial charge in [-0.1, -0.05) is 120 Å². The van der Waals surface area contributed by atoms with Crippen LogP contribution >= 0.6 is 37.7 Å². The Labute approximate surface area is 593 Å². The molecular formula is C72H42Cl4K2N8O2Pt2. The molecule has 0 aliphatic rings. The van der Waals surface area contributed by atoms with Gasteiger partial charge in [0.15, 0.2) is 0 Å². The maximum atomic E-state index is 6.44. The van der Waals surface area contributed by atoms with Gasteiger partial charge in [-0.3, -0.25) is 9.55 Å². The van der Waals surface area contributed by atoms with Crippen LogP contribution in [0, 0.1) is 12.1 Å². The van der Waals surface area contributed by atoms with E-state index in [2.05, 4.69) is 204 Å².